The lowest BCUT2D eigenvalue weighted by Crippen LogP contribution is -2.04. The Morgan fingerprint density at radius 3 is 2.87 bits per heavy atom. The standard InChI is InChI=1S/C11H13Cl2NO/c1-8(5-12)7-15-11-9(6-14)3-2-4-10(11)13/h2-5H,6-7,14H2,1H3/b8-5-. The summed E-state index contributed by atoms with van der Waals surface area (Å²) < 4.78 is 5.55. The minimum atomic E-state index is 0.402. The van der Waals surface area contributed by atoms with E-state index in [2.05, 4.69) is 0 Å². The fourth-order valence-electron chi connectivity index (χ4n) is 1.09. The molecule has 0 heterocycles. The van der Waals surface area contributed by atoms with Crippen LogP contribution in [0, 0.1) is 0 Å². The van der Waals surface area contributed by atoms with Gasteiger partial charge in [0.25, 0.3) is 0 Å². The number of rotatable bonds is 4. The number of ether oxygens (including phenoxy) is 1. The van der Waals surface area contributed by atoms with Crippen LogP contribution >= 0.6 is 23.2 Å². The maximum atomic E-state index is 6.00. The summed E-state index contributed by atoms with van der Waals surface area (Å²) in [5.41, 5.74) is 8.89. The highest BCUT2D eigenvalue weighted by Crippen LogP contribution is 2.28. The molecule has 1 rings (SSSR count). The van der Waals surface area contributed by atoms with E-state index in [-0.39, 0.29) is 0 Å². The summed E-state index contributed by atoms with van der Waals surface area (Å²) in [7, 11) is 0. The molecule has 4 heteroatoms. The molecule has 0 amide bonds. The number of halogens is 2. The van der Waals surface area contributed by atoms with Gasteiger partial charge < -0.3 is 10.5 Å². The summed E-state index contributed by atoms with van der Waals surface area (Å²) in [6.45, 7) is 2.70. The summed E-state index contributed by atoms with van der Waals surface area (Å²) in [4.78, 5) is 0. The third-order valence-electron chi connectivity index (χ3n) is 1.90. The van der Waals surface area contributed by atoms with Gasteiger partial charge in [-0.15, -0.1) is 0 Å². The van der Waals surface area contributed by atoms with E-state index in [0.717, 1.165) is 11.1 Å². The summed E-state index contributed by atoms with van der Waals surface area (Å²) in [5, 5.41) is 0.570. The average molecular weight is 246 g/mol. The Labute approximate surface area is 99.6 Å². The van der Waals surface area contributed by atoms with Gasteiger partial charge in [0.15, 0.2) is 0 Å². The molecule has 2 N–H and O–H groups in total. The Kier molecular flexibility index (Phi) is 4.95. The van der Waals surface area contributed by atoms with Crippen molar-refractivity contribution in [2.75, 3.05) is 6.61 Å². The molecule has 1 aromatic rings. The van der Waals surface area contributed by atoms with Gasteiger partial charge in [-0.3, -0.25) is 0 Å². The van der Waals surface area contributed by atoms with Crippen molar-refractivity contribution in [3.63, 3.8) is 0 Å². The minimum absolute atomic E-state index is 0.402. The molecule has 0 aliphatic carbocycles. The van der Waals surface area contributed by atoms with Crippen LogP contribution in [0.5, 0.6) is 5.75 Å². The van der Waals surface area contributed by atoms with Crippen LogP contribution in [0.2, 0.25) is 5.02 Å². The van der Waals surface area contributed by atoms with Crippen LogP contribution in [0.15, 0.2) is 29.3 Å². The van der Waals surface area contributed by atoms with Gasteiger partial charge >= 0.3 is 0 Å². The molecular formula is C11H13Cl2NO. The molecule has 15 heavy (non-hydrogen) atoms. The second-order valence-corrected chi connectivity index (χ2v) is 3.80. The van der Waals surface area contributed by atoms with Crippen molar-refractivity contribution >= 4 is 23.2 Å². The molecule has 2 nitrogen and oxygen atoms in total. The van der Waals surface area contributed by atoms with Crippen LogP contribution in [0.4, 0.5) is 0 Å². The second kappa shape index (κ2) is 6.01. The van der Waals surface area contributed by atoms with Crippen LogP contribution in [0.25, 0.3) is 0 Å². The van der Waals surface area contributed by atoms with Gasteiger partial charge in [0.05, 0.1) is 5.02 Å². The summed E-state index contributed by atoms with van der Waals surface area (Å²) >= 11 is 11.5. The minimum Gasteiger partial charge on any atom is -0.487 e. The lowest BCUT2D eigenvalue weighted by Gasteiger charge is -2.11. The molecule has 0 atom stereocenters. The predicted molar refractivity (Wildman–Crippen MR) is 64.4 cm³/mol. The third kappa shape index (κ3) is 3.42. The molecule has 0 saturated heterocycles. The first kappa shape index (κ1) is 12.4. The zero-order valence-electron chi connectivity index (χ0n) is 8.47. The maximum absolute atomic E-state index is 6.00. The molecule has 0 aliphatic heterocycles. The van der Waals surface area contributed by atoms with Crippen molar-refractivity contribution in [3.05, 3.63) is 39.9 Å². The molecule has 0 saturated carbocycles. The van der Waals surface area contributed by atoms with E-state index in [1.165, 1.54) is 5.54 Å². The SMILES string of the molecule is C/C(=C/Cl)COc1c(Cl)cccc1CN. The van der Waals surface area contributed by atoms with E-state index in [1.54, 1.807) is 6.07 Å². The monoisotopic (exact) mass is 245 g/mol. The highest BCUT2D eigenvalue weighted by molar-refractivity contribution is 6.32. The average Bonchev–Trinajstić information content (AvgIpc) is 2.26. The summed E-state index contributed by atoms with van der Waals surface area (Å²) in [5.74, 6) is 0.638. The Balaban J connectivity index is 2.83. The summed E-state index contributed by atoms with van der Waals surface area (Å²) in [6.07, 6.45) is 0. The zero-order valence-corrected chi connectivity index (χ0v) is 9.98. The van der Waals surface area contributed by atoms with Gasteiger partial charge in [0.1, 0.15) is 12.4 Å². The van der Waals surface area contributed by atoms with Crippen molar-refractivity contribution < 1.29 is 4.74 Å². The molecule has 0 spiro atoms. The lowest BCUT2D eigenvalue weighted by molar-refractivity contribution is 0.349. The normalized spacial score (nSPS) is 11.6. The molecule has 0 bridgehead atoms. The number of para-hydroxylation sites is 1. The Morgan fingerprint density at radius 1 is 1.53 bits per heavy atom. The van der Waals surface area contributed by atoms with E-state index in [1.807, 2.05) is 19.1 Å². The van der Waals surface area contributed by atoms with E-state index < -0.39 is 0 Å². The second-order valence-electron chi connectivity index (χ2n) is 3.18. The smallest absolute Gasteiger partial charge is 0.142 e. The van der Waals surface area contributed by atoms with Gasteiger partial charge in [-0.25, -0.2) is 0 Å². The van der Waals surface area contributed by atoms with Crippen molar-refractivity contribution in [2.24, 2.45) is 5.73 Å². The maximum Gasteiger partial charge on any atom is 0.142 e. The van der Waals surface area contributed by atoms with Crippen LogP contribution in [-0.2, 0) is 6.54 Å². The zero-order chi connectivity index (χ0) is 11.3. The van der Waals surface area contributed by atoms with Crippen LogP contribution in [-0.4, -0.2) is 6.61 Å². The first-order chi connectivity index (χ1) is 7.19. The van der Waals surface area contributed by atoms with Gasteiger partial charge in [0.2, 0.25) is 0 Å². The molecule has 0 unspecified atom stereocenters. The van der Waals surface area contributed by atoms with E-state index in [9.17, 15) is 0 Å². The fraction of sp³-hybridized carbons (Fsp3) is 0.273. The molecule has 0 aliphatic rings. The van der Waals surface area contributed by atoms with Crippen LogP contribution in [0.3, 0.4) is 0 Å². The molecule has 0 aromatic heterocycles. The molecular weight excluding hydrogens is 233 g/mol. The van der Waals surface area contributed by atoms with Crippen LogP contribution in [0.1, 0.15) is 12.5 Å². The topological polar surface area (TPSA) is 35.2 Å². The first-order valence-corrected chi connectivity index (χ1v) is 5.36. The van der Waals surface area contributed by atoms with Gasteiger partial charge in [-0.2, -0.15) is 0 Å². The Morgan fingerprint density at radius 2 is 2.27 bits per heavy atom. The number of nitrogens with two attached hydrogens (primary N) is 1. The highest BCUT2D eigenvalue weighted by atomic mass is 35.5. The number of benzene rings is 1. The van der Waals surface area contributed by atoms with Crippen LogP contribution < -0.4 is 10.5 Å². The quantitative estimate of drug-likeness (QED) is 0.884. The fourth-order valence-corrected chi connectivity index (χ4v) is 1.41. The molecule has 0 fully saturated rings. The third-order valence-corrected chi connectivity index (χ3v) is 2.57. The van der Waals surface area contributed by atoms with Crippen molar-refractivity contribution in [1.82, 2.24) is 0 Å². The highest BCUT2D eigenvalue weighted by Gasteiger charge is 2.06. The van der Waals surface area contributed by atoms with Crippen molar-refractivity contribution in [1.29, 1.82) is 0 Å². The van der Waals surface area contributed by atoms with E-state index in [0.29, 0.717) is 23.9 Å². The first-order valence-electron chi connectivity index (χ1n) is 4.55. The van der Waals surface area contributed by atoms with Crippen molar-refractivity contribution in [3.8, 4) is 5.75 Å². The van der Waals surface area contributed by atoms with Gasteiger partial charge in [0, 0.05) is 17.6 Å². The van der Waals surface area contributed by atoms with Gasteiger partial charge in [-0.05, 0) is 18.6 Å². The van der Waals surface area contributed by atoms with Crippen molar-refractivity contribution in [2.45, 2.75) is 13.5 Å². The lowest BCUT2D eigenvalue weighted by atomic mass is 10.2. The summed E-state index contributed by atoms with van der Waals surface area (Å²) in [6, 6.07) is 5.51. The number of hydrogen-bond donors (Lipinski definition) is 1. The molecule has 0 radical (unpaired) electrons. The molecule has 1 aromatic carbocycles. The van der Waals surface area contributed by atoms with E-state index in [4.69, 9.17) is 33.7 Å². The predicted octanol–water partition coefficient (Wildman–Crippen LogP) is 3.32. The largest absolute Gasteiger partial charge is 0.487 e. The van der Waals surface area contributed by atoms with E-state index >= 15 is 0 Å². The Bertz CT molecular complexity index is 364. The van der Waals surface area contributed by atoms with Gasteiger partial charge in [-0.1, -0.05) is 35.3 Å². The number of hydrogen-bond acceptors (Lipinski definition) is 2. The molecule has 82 valence electrons. The Hall–Kier alpha value is -0.700.